The highest BCUT2D eigenvalue weighted by molar-refractivity contribution is 5.78. The molecule has 0 aliphatic carbocycles. The molecule has 1 aliphatic heterocycles. The Balaban J connectivity index is 1.82. The summed E-state index contributed by atoms with van der Waals surface area (Å²) < 4.78 is 0. The van der Waals surface area contributed by atoms with Crippen LogP contribution in [-0.4, -0.2) is 33.5 Å². The molecule has 2 aromatic rings. The van der Waals surface area contributed by atoms with Crippen LogP contribution < -0.4 is 5.73 Å². The van der Waals surface area contributed by atoms with Crippen LogP contribution in [0.4, 0.5) is 4.79 Å². The summed E-state index contributed by atoms with van der Waals surface area (Å²) >= 11 is 0. The van der Waals surface area contributed by atoms with Crippen molar-refractivity contribution in [1.82, 2.24) is 9.88 Å². The van der Waals surface area contributed by atoms with Crippen LogP contribution >= 0.6 is 0 Å². The number of amides is 2. The number of hydrogen-bond donors (Lipinski definition) is 2. The van der Waals surface area contributed by atoms with Crippen molar-refractivity contribution in [2.75, 3.05) is 6.54 Å². The number of rotatable bonds is 5. The van der Waals surface area contributed by atoms with E-state index in [0.717, 1.165) is 18.4 Å². The van der Waals surface area contributed by atoms with Gasteiger partial charge in [0, 0.05) is 18.9 Å². The molecule has 1 fully saturated rings. The Hall–Kier alpha value is -2.89. The molecule has 3 unspecified atom stereocenters. The maximum atomic E-state index is 12.0. The molecule has 26 heavy (non-hydrogen) atoms. The van der Waals surface area contributed by atoms with E-state index in [2.05, 4.69) is 17.1 Å². The van der Waals surface area contributed by atoms with Crippen molar-refractivity contribution in [3.8, 4) is 0 Å². The summed E-state index contributed by atoms with van der Waals surface area (Å²) in [6, 6.07) is 13.4. The third-order valence-corrected chi connectivity index (χ3v) is 5.19. The number of primary amides is 1. The van der Waals surface area contributed by atoms with Gasteiger partial charge >= 0.3 is 6.09 Å². The number of carbonyl (C=O) groups is 2. The lowest BCUT2D eigenvalue weighted by molar-refractivity contribution is -0.126. The molecule has 1 aliphatic rings. The number of nitrogens with zero attached hydrogens (tertiary/aromatic N) is 2. The van der Waals surface area contributed by atoms with Crippen LogP contribution in [0, 0.1) is 11.8 Å². The van der Waals surface area contributed by atoms with Crippen molar-refractivity contribution in [3.05, 3.63) is 66.0 Å². The fraction of sp³-hybridized carbons (Fsp3) is 0.350. The lowest BCUT2D eigenvalue weighted by Crippen LogP contribution is -2.49. The van der Waals surface area contributed by atoms with Gasteiger partial charge in [-0.3, -0.25) is 9.78 Å². The van der Waals surface area contributed by atoms with Crippen molar-refractivity contribution in [3.63, 3.8) is 0 Å². The van der Waals surface area contributed by atoms with Crippen molar-refractivity contribution in [2.24, 2.45) is 17.6 Å². The molecule has 3 N–H and O–H groups in total. The van der Waals surface area contributed by atoms with Gasteiger partial charge in [0.05, 0.1) is 12.0 Å². The quantitative estimate of drug-likeness (QED) is 0.864. The Morgan fingerprint density at radius 2 is 1.96 bits per heavy atom. The normalized spacial score (nSPS) is 22.8. The maximum Gasteiger partial charge on any atom is 0.407 e. The number of pyridine rings is 1. The molecule has 136 valence electrons. The van der Waals surface area contributed by atoms with Crippen LogP contribution in [0.15, 0.2) is 54.9 Å². The minimum Gasteiger partial charge on any atom is -0.465 e. The Morgan fingerprint density at radius 3 is 2.58 bits per heavy atom. The zero-order chi connectivity index (χ0) is 18.5. The van der Waals surface area contributed by atoms with Crippen molar-refractivity contribution in [2.45, 2.75) is 25.3 Å². The molecule has 3 rings (SSSR count). The van der Waals surface area contributed by atoms with Gasteiger partial charge in [0.25, 0.3) is 0 Å². The average Bonchev–Trinajstić information content (AvgIpc) is 2.67. The first kappa shape index (κ1) is 17.9. The summed E-state index contributed by atoms with van der Waals surface area (Å²) in [4.78, 5) is 29.2. The van der Waals surface area contributed by atoms with Gasteiger partial charge in [-0.25, -0.2) is 4.79 Å². The summed E-state index contributed by atoms with van der Waals surface area (Å²) in [5.74, 6) is -0.866. The second kappa shape index (κ2) is 7.99. The topological polar surface area (TPSA) is 96.5 Å². The number of likely N-dealkylation sites (tertiary alicyclic amines) is 1. The summed E-state index contributed by atoms with van der Waals surface area (Å²) in [7, 11) is 0. The first-order chi connectivity index (χ1) is 12.6. The highest BCUT2D eigenvalue weighted by Gasteiger charge is 2.40. The van der Waals surface area contributed by atoms with Crippen molar-refractivity contribution < 1.29 is 14.7 Å². The monoisotopic (exact) mass is 353 g/mol. The zero-order valence-corrected chi connectivity index (χ0v) is 14.5. The van der Waals surface area contributed by atoms with Crippen LogP contribution in [0.25, 0.3) is 0 Å². The third kappa shape index (κ3) is 4.02. The van der Waals surface area contributed by atoms with E-state index < -0.39 is 17.9 Å². The molecule has 0 radical (unpaired) electrons. The molecule has 2 amide bonds. The van der Waals surface area contributed by atoms with Crippen LogP contribution in [0.1, 0.15) is 30.0 Å². The molecule has 3 atom stereocenters. The van der Waals surface area contributed by atoms with Crippen molar-refractivity contribution >= 4 is 12.0 Å². The molecule has 0 spiro atoms. The predicted molar refractivity (Wildman–Crippen MR) is 97.3 cm³/mol. The molecule has 1 aromatic carbocycles. The zero-order valence-electron chi connectivity index (χ0n) is 14.5. The minimum absolute atomic E-state index is 0.0357. The fourth-order valence-corrected chi connectivity index (χ4v) is 3.81. The Labute approximate surface area is 152 Å². The van der Waals surface area contributed by atoms with E-state index in [-0.39, 0.29) is 18.5 Å². The molecular formula is C20H23N3O3. The Bertz CT molecular complexity index is 751. The number of nitrogens with two attached hydrogens (primary N) is 1. The van der Waals surface area contributed by atoms with E-state index in [9.17, 15) is 14.7 Å². The number of benzene rings is 1. The third-order valence-electron chi connectivity index (χ3n) is 5.19. The lowest BCUT2D eigenvalue weighted by atomic mass is 9.77. The summed E-state index contributed by atoms with van der Waals surface area (Å²) in [6.45, 7) is 0.129. The van der Waals surface area contributed by atoms with E-state index in [1.165, 1.54) is 10.5 Å². The highest BCUT2D eigenvalue weighted by atomic mass is 16.4. The van der Waals surface area contributed by atoms with E-state index in [0.29, 0.717) is 6.42 Å². The summed E-state index contributed by atoms with van der Waals surface area (Å²) in [5.41, 5.74) is 7.65. The van der Waals surface area contributed by atoms with Crippen LogP contribution in [0.3, 0.4) is 0 Å². The molecule has 6 heteroatoms. The molecule has 1 aromatic heterocycles. The van der Waals surface area contributed by atoms with E-state index in [4.69, 9.17) is 5.73 Å². The van der Waals surface area contributed by atoms with Crippen LogP contribution in [0.2, 0.25) is 0 Å². The number of aryl methyl sites for hydroxylation is 1. The van der Waals surface area contributed by atoms with Gasteiger partial charge in [0.2, 0.25) is 5.91 Å². The standard InChI is InChI=1S/C20H23N3O3/c21-19(24)17-13-23(20(25)26)18(16-7-4-10-22-12-16)11-15(17)9-8-14-5-2-1-3-6-14/h1-7,10,12,15,17-18H,8-9,11,13H2,(H2,21,24)(H,25,26). The van der Waals surface area contributed by atoms with E-state index in [1.807, 2.05) is 24.3 Å². The van der Waals surface area contributed by atoms with Gasteiger partial charge in [-0.1, -0.05) is 36.4 Å². The Kier molecular flexibility index (Phi) is 5.51. The summed E-state index contributed by atoms with van der Waals surface area (Å²) in [6.07, 6.45) is 4.52. The van der Waals surface area contributed by atoms with Gasteiger partial charge in [-0.05, 0) is 42.4 Å². The number of carbonyl (C=O) groups excluding carboxylic acids is 1. The van der Waals surface area contributed by atoms with Gasteiger partial charge < -0.3 is 15.7 Å². The molecular weight excluding hydrogens is 330 g/mol. The predicted octanol–water partition coefficient (Wildman–Crippen LogP) is 2.86. The first-order valence-electron chi connectivity index (χ1n) is 8.79. The number of hydrogen-bond acceptors (Lipinski definition) is 3. The van der Waals surface area contributed by atoms with Crippen LogP contribution in [-0.2, 0) is 11.2 Å². The molecule has 6 nitrogen and oxygen atoms in total. The average molecular weight is 353 g/mol. The van der Waals surface area contributed by atoms with E-state index in [1.54, 1.807) is 18.5 Å². The van der Waals surface area contributed by atoms with Gasteiger partial charge in [0.15, 0.2) is 0 Å². The van der Waals surface area contributed by atoms with Crippen molar-refractivity contribution in [1.29, 1.82) is 0 Å². The minimum atomic E-state index is -1.04. The molecule has 1 saturated heterocycles. The molecule has 0 bridgehead atoms. The Morgan fingerprint density at radius 1 is 1.19 bits per heavy atom. The highest BCUT2D eigenvalue weighted by Crippen LogP contribution is 2.39. The second-order valence-electron chi connectivity index (χ2n) is 6.77. The number of piperidine rings is 1. The largest absolute Gasteiger partial charge is 0.465 e. The number of aromatic nitrogens is 1. The van der Waals surface area contributed by atoms with Gasteiger partial charge in [-0.2, -0.15) is 0 Å². The maximum absolute atomic E-state index is 12.0. The van der Waals surface area contributed by atoms with E-state index >= 15 is 0 Å². The first-order valence-corrected chi connectivity index (χ1v) is 8.79. The number of carboxylic acid groups (broad SMARTS) is 1. The lowest BCUT2D eigenvalue weighted by Gasteiger charge is -2.42. The summed E-state index contributed by atoms with van der Waals surface area (Å²) in [5, 5.41) is 9.62. The fourth-order valence-electron chi connectivity index (χ4n) is 3.81. The molecule has 2 heterocycles. The molecule has 0 saturated carbocycles. The van der Waals surface area contributed by atoms with Crippen LogP contribution in [0.5, 0.6) is 0 Å². The SMILES string of the molecule is NC(=O)C1CN(C(=O)O)C(c2cccnc2)CC1CCc1ccccc1. The van der Waals surface area contributed by atoms with Gasteiger partial charge in [0.1, 0.15) is 0 Å². The smallest absolute Gasteiger partial charge is 0.407 e. The second-order valence-corrected chi connectivity index (χ2v) is 6.77. The van der Waals surface area contributed by atoms with Gasteiger partial charge in [-0.15, -0.1) is 0 Å².